The molecule has 2 atom stereocenters. The van der Waals surface area contributed by atoms with Crippen LogP contribution >= 0.6 is 0 Å². The normalized spacial score (nSPS) is 21.2. The minimum Gasteiger partial charge on any atom is -0.375 e. The Kier molecular flexibility index (Phi) is 4.41. The second kappa shape index (κ2) is 6.36. The molecule has 0 saturated carbocycles. The molecule has 6 nitrogen and oxygen atoms in total. The van der Waals surface area contributed by atoms with E-state index in [-0.39, 0.29) is 23.6 Å². The zero-order valence-corrected chi connectivity index (χ0v) is 14.6. The molecular weight excluding hydrogens is 306 g/mol. The summed E-state index contributed by atoms with van der Waals surface area (Å²) in [5, 5.41) is 0. The fraction of sp³-hybridized carbons (Fsp3) is 0.500. The molecule has 2 aromatic rings. The fourth-order valence-corrected chi connectivity index (χ4v) is 3.17. The molecule has 1 saturated heterocycles. The average Bonchev–Trinajstić information content (AvgIpc) is 2.57. The number of hydrogen-bond acceptors (Lipinski definition) is 4. The number of aromatic nitrogens is 2. The van der Waals surface area contributed by atoms with Gasteiger partial charge in [0.2, 0.25) is 0 Å². The molecule has 1 aromatic heterocycles. The first-order valence-electron chi connectivity index (χ1n) is 8.36. The fourth-order valence-electron chi connectivity index (χ4n) is 3.17. The Morgan fingerprint density at radius 3 is 2.83 bits per heavy atom. The smallest absolute Gasteiger partial charge is 0.272 e. The Bertz CT molecular complexity index is 843. The number of fused-ring (bicyclic) bond motifs is 1. The number of nitrogens with zero attached hydrogens (tertiary/aromatic N) is 3. The lowest BCUT2D eigenvalue weighted by molar-refractivity contribution is -0.0387. The predicted octanol–water partition coefficient (Wildman–Crippen LogP) is 1.97. The van der Waals surface area contributed by atoms with E-state index in [1.165, 1.54) is 0 Å². The molecule has 6 heteroatoms. The highest BCUT2D eigenvalue weighted by Gasteiger charge is 2.28. The maximum absolute atomic E-state index is 12.9. The minimum absolute atomic E-state index is 0.0201. The Morgan fingerprint density at radius 1 is 1.38 bits per heavy atom. The van der Waals surface area contributed by atoms with E-state index in [1.807, 2.05) is 31.7 Å². The van der Waals surface area contributed by atoms with Crippen LogP contribution in [0.2, 0.25) is 0 Å². The van der Waals surface area contributed by atoms with Crippen LogP contribution in [0.3, 0.4) is 0 Å². The lowest BCUT2D eigenvalue weighted by Gasteiger charge is -2.36. The van der Waals surface area contributed by atoms with Crippen LogP contribution in [-0.4, -0.2) is 45.7 Å². The molecule has 1 aliphatic rings. The largest absolute Gasteiger partial charge is 0.375 e. The van der Waals surface area contributed by atoms with E-state index in [2.05, 4.69) is 4.98 Å². The molecular formula is C18H23N3O3. The van der Waals surface area contributed by atoms with Crippen molar-refractivity contribution in [3.8, 4) is 0 Å². The van der Waals surface area contributed by atoms with Gasteiger partial charge in [0.15, 0.2) is 0 Å². The zero-order chi connectivity index (χ0) is 17.4. The van der Waals surface area contributed by atoms with Gasteiger partial charge >= 0.3 is 0 Å². The Hall–Kier alpha value is -2.21. The lowest BCUT2D eigenvalue weighted by Crippen LogP contribution is -2.50. The summed E-state index contributed by atoms with van der Waals surface area (Å²) in [6, 6.07) is 5.42. The lowest BCUT2D eigenvalue weighted by atomic mass is 10.1. The van der Waals surface area contributed by atoms with Gasteiger partial charge in [0, 0.05) is 18.7 Å². The van der Waals surface area contributed by atoms with Gasteiger partial charge in [-0.2, -0.15) is 0 Å². The summed E-state index contributed by atoms with van der Waals surface area (Å²) in [5.41, 5.74) is 2.39. The molecule has 128 valence electrons. The van der Waals surface area contributed by atoms with E-state index in [0.29, 0.717) is 36.5 Å². The van der Waals surface area contributed by atoms with Gasteiger partial charge in [-0.1, -0.05) is 0 Å². The van der Waals surface area contributed by atoms with Gasteiger partial charge in [-0.3, -0.25) is 9.59 Å². The number of hydrogen-bond donors (Lipinski definition) is 0. The summed E-state index contributed by atoms with van der Waals surface area (Å²) in [7, 11) is 0. The first kappa shape index (κ1) is 16.6. The van der Waals surface area contributed by atoms with Crippen molar-refractivity contribution in [2.75, 3.05) is 13.2 Å². The van der Waals surface area contributed by atoms with Gasteiger partial charge in [-0.15, -0.1) is 0 Å². The van der Waals surface area contributed by atoms with Gasteiger partial charge in [0.1, 0.15) is 5.69 Å². The van der Waals surface area contributed by atoms with Crippen LogP contribution in [0.4, 0.5) is 0 Å². The average molecular weight is 329 g/mol. The molecule has 1 fully saturated rings. The predicted molar refractivity (Wildman–Crippen MR) is 92.3 cm³/mol. The highest BCUT2D eigenvalue weighted by molar-refractivity contribution is 5.97. The number of morpholine rings is 1. The van der Waals surface area contributed by atoms with Crippen molar-refractivity contribution >= 4 is 16.9 Å². The number of carbonyl (C=O) groups is 1. The molecule has 0 radical (unpaired) electrons. The third kappa shape index (κ3) is 2.82. The van der Waals surface area contributed by atoms with Crippen LogP contribution in [0.25, 0.3) is 11.0 Å². The zero-order valence-electron chi connectivity index (χ0n) is 14.6. The molecule has 0 spiro atoms. The highest BCUT2D eigenvalue weighted by Crippen LogP contribution is 2.19. The Balaban J connectivity index is 2.03. The molecule has 1 aromatic carbocycles. The van der Waals surface area contributed by atoms with Crippen molar-refractivity contribution in [1.29, 1.82) is 0 Å². The molecule has 0 N–H and O–H groups in total. The summed E-state index contributed by atoms with van der Waals surface area (Å²) >= 11 is 0. The molecule has 0 aliphatic carbocycles. The third-order valence-corrected chi connectivity index (χ3v) is 4.54. The SMILES string of the molecule is CCn1c(=O)c(C)nc2cc(C(=O)N3C[C@H](C)OC[C@H]3C)ccc21. The quantitative estimate of drug-likeness (QED) is 0.845. The molecule has 24 heavy (non-hydrogen) atoms. The van der Waals surface area contributed by atoms with Crippen LogP contribution in [-0.2, 0) is 11.3 Å². The number of carbonyl (C=O) groups excluding carboxylic acids is 1. The number of amides is 1. The van der Waals surface area contributed by atoms with Gasteiger partial charge < -0.3 is 14.2 Å². The van der Waals surface area contributed by atoms with Crippen molar-refractivity contribution in [3.63, 3.8) is 0 Å². The maximum atomic E-state index is 12.9. The second-order valence-corrected chi connectivity index (χ2v) is 6.40. The van der Waals surface area contributed by atoms with Crippen LogP contribution in [0.1, 0.15) is 36.8 Å². The second-order valence-electron chi connectivity index (χ2n) is 6.40. The highest BCUT2D eigenvalue weighted by atomic mass is 16.5. The van der Waals surface area contributed by atoms with Gasteiger partial charge in [-0.05, 0) is 45.9 Å². The first-order valence-corrected chi connectivity index (χ1v) is 8.36. The van der Waals surface area contributed by atoms with E-state index >= 15 is 0 Å². The van der Waals surface area contributed by atoms with Crippen molar-refractivity contribution in [1.82, 2.24) is 14.5 Å². The van der Waals surface area contributed by atoms with Crippen molar-refractivity contribution in [2.24, 2.45) is 0 Å². The molecule has 0 bridgehead atoms. The van der Waals surface area contributed by atoms with E-state index in [4.69, 9.17) is 4.74 Å². The van der Waals surface area contributed by atoms with Gasteiger partial charge in [0.05, 0.1) is 29.8 Å². The van der Waals surface area contributed by atoms with Crippen molar-refractivity contribution in [2.45, 2.75) is 46.4 Å². The standard InChI is InChI=1S/C18H23N3O3/c1-5-20-16-7-6-14(8-15(16)19-13(4)17(20)22)18(23)21-9-12(3)24-10-11(21)2/h6-8,11-12H,5,9-10H2,1-4H3/t11-,12+/m1/s1. The Labute approximate surface area is 141 Å². The maximum Gasteiger partial charge on any atom is 0.272 e. The van der Waals surface area contributed by atoms with Crippen LogP contribution in [0.5, 0.6) is 0 Å². The summed E-state index contributed by atoms with van der Waals surface area (Å²) in [5.74, 6) is -0.0201. The molecule has 1 aliphatic heterocycles. The van der Waals surface area contributed by atoms with Gasteiger partial charge in [-0.25, -0.2) is 4.98 Å². The van der Waals surface area contributed by atoms with Crippen LogP contribution < -0.4 is 5.56 Å². The molecule has 1 amide bonds. The molecule has 3 rings (SSSR count). The van der Waals surface area contributed by atoms with Crippen molar-refractivity contribution < 1.29 is 9.53 Å². The minimum atomic E-state index is -0.0836. The Morgan fingerprint density at radius 2 is 2.12 bits per heavy atom. The topological polar surface area (TPSA) is 64.4 Å². The third-order valence-electron chi connectivity index (χ3n) is 4.54. The number of benzene rings is 1. The molecule has 0 unspecified atom stereocenters. The van der Waals surface area contributed by atoms with Crippen molar-refractivity contribution in [3.05, 3.63) is 39.8 Å². The summed E-state index contributed by atoms with van der Waals surface area (Å²) in [6.45, 7) is 9.29. The first-order chi connectivity index (χ1) is 11.4. The number of ether oxygens (including phenoxy) is 1. The van der Waals surface area contributed by atoms with E-state index < -0.39 is 0 Å². The van der Waals surface area contributed by atoms with Crippen LogP contribution in [0, 0.1) is 6.92 Å². The number of rotatable bonds is 2. The molecule has 2 heterocycles. The van der Waals surface area contributed by atoms with E-state index in [9.17, 15) is 9.59 Å². The van der Waals surface area contributed by atoms with Crippen LogP contribution in [0.15, 0.2) is 23.0 Å². The van der Waals surface area contributed by atoms with E-state index in [0.717, 1.165) is 5.52 Å². The summed E-state index contributed by atoms with van der Waals surface area (Å²) < 4.78 is 7.28. The monoisotopic (exact) mass is 329 g/mol. The summed E-state index contributed by atoms with van der Waals surface area (Å²) in [4.78, 5) is 31.3. The van der Waals surface area contributed by atoms with E-state index in [1.54, 1.807) is 23.6 Å². The van der Waals surface area contributed by atoms with Gasteiger partial charge in [0.25, 0.3) is 11.5 Å². The summed E-state index contributed by atoms with van der Waals surface area (Å²) in [6.07, 6.45) is 0.0382. The number of aryl methyl sites for hydroxylation is 2.